The number of nitrogens with two attached hydrogens (primary N) is 1. The molecule has 1 aliphatic carbocycles. The molecule has 2 aromatic heterocycles. The highest BCUT2D eigenvalue weighted by atomic mass is 16.3. The summed E-state index contributed by atoms with van der Waals surface area (Å²) in [4.78, 5) is 52.0. The maximum absolute atomic E-state index is 12.1. The standard InChI is InChI=1S/C20H29NO.C16H19NO5.C12H14N2O2/c1-15(8-6-9-16(2)14-19(21)22)11-12-18-17(3)10-7-13-20(18,4)5;1-8-5-10(18)15-12(20)6-11(19)14(16(15)22-8)9-3-4-17(2)7-13(9)21;1-2-12(9-4-7-13-8-5-9)6-3-10(15)14-11(12)16/h6,8-9,11-12,14H,7,10,13H2,1-5H3,(H2,21,22);5-6,9,13,19-21H,3-4,7H2,1-2H3;4-5,7-8H,2-3,6H2,1H3,(H,14,15,16)/b9-6+,12-11+,15-8+,16-14+;;/t;9-,13+;/m.0./s1. The number of fused-ring (bicyclic) bond motifs is 1. The van der Waals surface area contributed by atoms with Crippen LogP contribution in [-0.4, -0.2) is 69.2 Å². The third-order valence-corrected chi connectivity index (χ3v) is 11.7. The summed E-state index contributed by atoms with van der Waals surface area (Å²) in [5.41, 5.74) is 11.0. The molecule has 0 radical (unpaired) electrons. The Morgan fingerprint density at radius 1 is 1.03 bits per heavy atom. The van der Waals surface area contributed by atoms with Crippen molar-refractivity contribution in [2.24, 2.45) is 11.1 Å². The smallest absolute Gasteiger partial charge is 0.241 e. The lowest BCUT2D eigenvalue weighted by Gasteiger charge is -2.34. The number of imide groups is 1. The molecule has 1 aromatic carbocycles. The summed E-state index contributed by atoms with van der Waals surface area (Å²) >= 11 is 0. The summed E-state index contributed by atoms with van der Waals surface area (Å²) in [5, 5.41) is 33.0. The maximum Gasteiger partial charge on any atom is 0.241 e. The average molecular weight is 823 g/mol. The number of likely N-dealkylation sites (tertiary alicyclic amines) is 1. The van der Waals surface area contributed by atoms with Crippen LogP contribution in [0.4, 0.5) is 0 Å². The van der Waals surface area contributed by atoms with Crippen molar-refractivity contribution >= 4 is 28.7 Å². The first-order valence-electron chi connectivity index (χ1n) is 20.6. The molecular formula is C48H62N4O8. The zero-order valence-electron chi connectivity index (χ0n) is 36.3. The summed E-state index contributed by atoms with van der Waals surface area (Å²) in [7, 11) is 1.92. The molecule has 4 heterocycles. The Morgan fingerprint density at radius 2 is 1.73 bits per heavy atom. The molecule has 6 N–H and O–H groups in total. The molecule has 3 aliphatic rings. The van der Waals surface area contributed by atoms with Crippen molar-refractivity contribution in [3.05, 3.63) is 123 Å². The number of aryl methyl sites for hydroxylation is 1. The van der Waals surface area contributed by atoms with Gasteiger partial charge in [0.2, 0.25) is 17.7 Å². The van der Waals surface area contributed by atoms with Gasteiger partial charge in [-0.1, -0.05) is 62.3 Å². The number of aromatic hydroxyl groups is 2. The number of benzene rings is 1. The van der Waals surface area contributed by atoms with Gasteiger partial charge in [-0.2, -0.15) is 0 Å². The number of primary amides is 1. The Labute approximate surface area is 353 Å². The number of aliphatic hydroxyl groups is 1. The van der Waals surface area contributed by atoms with Crippen LogP contribution in [0.3, 0.4) is 0 Å². The fraction of sp³-hybridized carbons (Fsp3) is 0.438. The Hall–Kier alpha value is -5.59. The molecule has 60 heavy (non-hydrogen) atoms. The van der Waals surface area contributed by atoms with Crippen LogP contribution in [0.15, 0.2) is 105 Å². The minimum absolute atomic E-state index is 0.0459. The molecule has 2 saturated heterocycles. The van der Waals surface area contributed by atoms with E-state index in [1.807, 2.05) is 56.2 Å². The van der Waals surface area contributed by atoms with Crippen molar-refractivity contribution in [3.63, 3.8) is 0 Å². The lowest BCUT2D eigenvalue weighted by atomic mass is 9.72. The molecule has 6 rings (SSSR count). The second kappa shape index (κ2) is 20.6. The highest BCUT2D eigenvalue weighted by Crippen LogP contribution is 2.42. The zero-order chi connectivity index (χ0) is 44.4. The topological polar surface area (TPSA) is 196 Å². The number of aliphatic hydroxyl groups excluding tert-OH is 1. The van der Waals surface area contributed by atoms with E-state index in [9.17, 15) is 34.5 Å². The summed E-state index contributed by atoms with van der Waals surface area (Å²) < 4.78 is 5.62. The molecule has 0 saturated carbocycles. The lowest BCUT2D eigenvalue weighted by molar-refractivity contribution is -0.138. The predicted octanol–water partition coefficient (Wildman–Crippen LogP) is 7.46. The predicted molar refractivity (Wildman–Crippen MR) is 235 cm³/mol. The van der Waals surface area contributed by atoms with Gasteiger partial charge >= 0.3 is 0 Å². The number of phenolic OH excluding ortho intramolecular Hbond substituents is 2. The van der Waals surface area contributed by atoms with Gasteiger partial charge in [0.1, 0.15) is 28.2 Å². The second-order valence-electron chi connectivity index (χ2n) is 16.9. The van der Waals surface area contributed by atoms with E-state index in [1.54, 1.807) is 19.3 Å². The van der Waals surface area contributed by atoms with Gasteiger partial charge in [0.15, 0.2) is 5.43 Å². The lowest BCUT2D eigenvalue weighted by Crippen LogP contribution is -2.51. The first-order valence-corrected chi connectivity index (χ1v) is 20.6. The van der Waals surface area contributed by atoms with Crippen LogP contribution in [0.1, 0.15) is 109 Å². The number of likely N-dealkylation sites (N-methyl/N-ethyl adjacent to an activating group) is 1. The number of allylic oxidation sites excluding steroid dienone is 9. The van der Waals surface area contributed by atoms with E-state index in [4.69, 9.17) is 10.2 Å². The highest BCUT2D eigenvalue weighted by Gasteiger charge is 2.42. The van der Waals surface area contributed by atoms with E-state index in [2.05, 4.69) is 50.1 Å². The number of pyridine rings is 1. The first kappa shape index (κ1) is 47.1. The Bertz CT molecular complexity index is 2270. The number of hydrogen-bond donors (Lipinski definition) is 5. The van der Waals surface area contributed by atoms with Crippen molar-refractivity contribution in [3.8, 4) is 11.5 Å². The molecule has 1 unspecified atom stereocenters. The van der Waals surface area contributed by atoms with Gasteiger partial charge in [-0.3, -0.25) is 29.5 Å². The van der Waals surface area contributed by atoms with Crippen molar-refractivity contribution in [2.45, 2.75) is 111 Å². The van der Waals surface area contributed by atoms with Crippen LogP contribution in [-0.2, 0) is 19.8 Å². The highest BCUT2D eigenvalue weighted by molar-refractivity contribution is 6.03. The Morgan fingerprint density at radius 3 is 2.35 bits per heavy atom. The molecule has 3 amide bonds. The van der Waals surface area contributed by atoms with E-state index in [1.165, 1.54) is 48.1 Å². The number of piperidine rings is 2. The van der Waals surface area contributed by atoms with Crippen molar-refractivity contribution < 1.29 is 34.1 Å². The van der Waals surface area contributed by atoms with Crippen molar-refractivity contribution in [1.29, 1.82) is 0 Å². The number of phenols is 2. The number of carbonyl (C=O) groups is 3. The Balaban J connectivity index is 0.000000201. The van der Waals surface area contributed by atoms with Gasteiger partial charge in [-0.05, 0) is 114 Å². The molecule has 12 heteroatoms. The van der Waals surface area contributed by atoms with Gasteiger partial charge in [-0.25, -0.2) is 0 Å². The molecule has 0 bridgehead atoms. The van der Waals surface area contributed by atoms with Gasteiger partial charge in [0.05, 0.1) is 11.5 Å². The minimum Gasteiger partial charge on any atom is -0.507 e. The van der Waals surface area contributed by atoms with E-state index in [0.717, 1.165) is 23.7 Å². The summed E-state index contributed by atoms with van der Waals surface area (Å²) in [6.45, 7) is 15.7. The number of nitrogens with zero attached hydrogens (tertiary/aromatic N) is 2. The van der Waals surface area contributed by atoms with Crippen LogP contribution >= 0.6 is 0 Å². The largest absolute Gasteiger partial charge is 0.507 e. The Kier molecular flexibility index (Phi) is 16.2. The maximum atomic E-state index is 12.1. The monoisotopic (exact) mass is 822 g/mol. The minimum atomic E-state index is -0.678. The van der Waals surface area contributed by atoms with Gasteiger partial charge in [0, 0.05) is 55.0 Å². The summed E-state index contributed by atoms with van der Waals surface area (Å²) in [6, 6.07) is 6.14. The third-order valence-electron chi connectivity index (χ3n) is 11.7. The second-order valence-corrected chi connectivity index (χ2v) is 16.9. The number of aromatic nitrogens is 1. The summed E-state index contributed by atoms with van der Waals surface area (Å²) in [5.74, 6) is -1.19. The van der Waals surface area contributed by atoms with E-state index in [0.29, 0.717) is 43.6 Å². The van der Waals surface area contributed by atoms with Crippen LogP contribution < -0.4 is 16.5 Å². The van der Waals surface area contributed by atoms with E-state index >= 15 is 0 Å². The van der Waals surface area contributed by atoms with E-state index < -0.39 is 17.4 Å². The molecule has 2 fully saturated rings. The number of hydrogen-bond acceptors (Lipinski definition) is 10. The van der Waals surface area contributed by atoms with Crippen molar-refractivity contribution in [1.82, 2.24) is 15.2 Å². The van der Waals surface area contributed by atoms with Crippen LogP contribution in [0.5, 0.6) is 11.5 Å². The van der Waals surface area contributed by atoms with Gasteiger partial charge in [0.25, 0.3) is 0 Å². The molecule has 3 atom stereocenters. The zero-order valence-corrected chi connectivity index (χ0v) is 36.3. The fourth-order valence-electron chi connectivity index (χ4n) is 8.36. The molecule has 12 nitrogen and oxygen atoms in total. The molecular weight excluding hydrogens is 761 g/mol. The third kappa shape index (κ3) is 11.8. The average Bonchev–Trinajstić information content (AvgIpc) is 3.15. The normalized spacial score (nSPS) is 22.6. The SMILES string of the molecule is CC1=C(/C=C/C(C)=C/C=C/C(C)=C/C(N)=O)C(C)(C)CCC1.CCC1(c2ccncc2)CCC(=O)NC1=O.Cc1cc(=O)c2c(O)cc(O)c([C@H]3CCN(C)C[C@H]3O)c2o1. The number of amides is 3. The molecule has 322 valence electrons. The van der Waals surface area contributed by atoms with Crippen LogP contribution in [0, 0.1) is 12.3 Å². The number of rotatable bonds is 8. The van der Waals surface area contributed by atoms with Crippen LogP contribution in [0.25, 0.3) is 11.0 Å². The van der Waals surface area contributed by atoms with Crippen LogP contribution in [0.2, 0.25) is 0 Å². The van der Waals surface area contributed by atoms with Gasteiger partial charge < -0.3 is 30.4 Å². The molecule has 2 aliphatic heterocycles. The van der Waals surface area contributed by atoms with E-state index in [-0.39, 0.29) is 51.0 Å². The number of β-amino-alcohol motifs (C(OH)–C–C–N with tert-alkyl or cyclic N) is 1. The quantitative estimate of drug-likeness (QED) is 0.0864. The number of carbonyl (C=O) groups excluding carboxylic acids is 3. The molecule has 0 spiro atoms. The molecule has 3 aromatic rings. The van der Waals surface area contributed by atoms with Gasteiger partial charge in [-0.15, -0.1) is 0 Å². The summed E-state index contributed by atoms with van der Waals surface area (Å²) in [6.07, 6.45) is 20.5. The fourth-order valence-corrected chi connectivity index (χ4v) is 8.36. The number of nitrogens with one attached hydrogen (secondary N) is 1. The first-order chi connectivity index (χ1) is 28.3. The van der Waals surface area contributed by atoms with Crippen molar-refractivity contribution in [2.75, 3.05) is 20.1 Å².